The maximum Gasteiger partial charge on any atom is 0.255 e. The quantitative estimate of drug-likeness (QED) is 0.674. The third kappa shape index (κ3) is 3.57. The highest BCUT2D eigenvalue weighted by Crippen LogP contribution is 2.22. The summed E-state index contributed by atoms with van der Waals surface area (Å²) in [5.74, 6) is -0.0926. The fraction of sp³-hybridized carbons (Fsp3) is 0.133. The summed E-state index contributed by atoms with van der Waals surface area (Å²) in [6.45, 7) is 4.04. The minimum atomic E-state index is -0.0926. The van der Waals surface area contributed by atoms with Crippen molar-refractivity contribution >= 4 is 50.1 Å². The van der Waals surface area contributed by atoms with Crippen molar-refractivity contribution in [2.45, 2.75) is 13.8 Å². The number of amides is 1. The molecule has 0 aliphatic heterocycles. The standard InChI is InChI=1S/C15H13BrINO/c1-9-7-14(10(2)6-13(9)17)18-15(19)11-4-3-5-12(16)8-11/h3-8H,1-2H3,(H,18,19). The predicted molar refractivity (Wildman–Crippen MR) is 90.7 cm³/mol. The van der Waals surface area contributed by atoms with Crippen LogP contribution in [0.15, 0.2) is 40.9 Å². The highest BCUT2D eigenvalue weighted by molar-refractivity contribution is 14.1. The molecule has 2 nitrogen and oxygen atoms in total. The summed E-state index contributed by atoms with van der Waals surface area (Å²) in [7, 11) is 0. The molecule has 4 heteroatoms. The lowest BCUT2D eigenvalue weighted by molar-refractivity contribution is 0.102. The molecule has 2 aromatic rings. The van der Waals surface area contributed by atoms with E-state index in [0.717, 1.165) is 21.3 Å². The molecule has 0 spiro atoms. The van der Waals surface area contributed by atoms with Gasteiger partial charge in [0.1, 0.15) is 0 Å². The average Bonchev–Trinajstić information content (AvgIpc) is 2.36. The molecule has 0 saturated carbocycles. The van der Waals surface area contributed by atoms with Crippen LogP contribution in [0.25, 0.3) is 0 Å². The summed E-state index contributed by atoms with van der Waals surface area (Å²) < 4.78 is 2.10. The molecule has 2 aromatic carbocycles. The van der Waals surface area contributed by atoms with Gasteiger partial charge in [-0.15, -0.1) is 0 Å². The van der Waals surface area contributed by atoms with Gasteiger partial charge < -0.3 is 5.32 Å². The Bertz CT molecular complexity index is 640. The Labute approximate surface area is 134 Å². The number of aryl methyl sites for hydroxylation is 2. The van der Waals surface area contributed by atoms with Crippen LogP contribution in [0, 0.1) is 17.4 Å². The SMILES string of the molecule is Cc1cc(NC(=O)c2cccc(Br)c2)c(C)cc1I. The van der Waals surface area contributed by atoms with Crippen molar-refractivity contribution in [3.8, 4) is 0 Å². The normalized spacial score (nSPS) is 10.3. The first-order valence-electron chi connectivity index (χ1n) is 5.81. The van der Waals surface area contributed by atoms with E-state index in [0.29, 0.717) is 5.56 Å². The molecule has 0 aromatic heterocycles. The van der Waals surface area contributed by atoms with Crippen LogP contribution in [0.1, 0.15) is 21.5 Å². The molecular formula is C15H13BrINO. The summed E-state index contributed by atoms with van der Waals surface area (Å²) in [6.07, 6.45) is 0. The van der Waals surface area contributed by atoms with Crippen LogP contribution < -0.4 is 5.32 Å². The number of halogens is 2. The number of nitrogens with one attached hydrogen (secondary N) is 1. The third-order valence-corrected chi connectivity index (χ3v) is 4.50. The van der Waals surface area contributed by atoms with Crippen molar-refractivity contribution < 1.29 is 4.79 Å². The molecule has 0 saturated heterocycles. The molecule has 0 heterocycles. The molecule has 0 radical (unpaired) electrons. The van der Waals surface area contributed by atoms with Gasteiger partial charge in [0, 0.05) is 19.3 Å². The van der Waals surface area contributed by atoms with Crippen molar-refractivity contribution in [1.82, 2.24) is 0 Å². The van der Waals surface area contributed by atoms with E-state index >= 15 is 0 Å². The summed E-state index contributed by atoms with van der Waals surface area (Å²) in [6, 6.07) is 11.4. The van der Waals surface area contributed by atoms with Crippen molar-refractivity contribution in [1.29, 1.82) is 0 Å². The van der Waals surface area contributed by atoms with Crippen LogP contribution in [-0.4, -0.2) is 5.91 Å². The van der Waals surface area contributed by atoms with E-state index in [2.05, 4.69) is 49.9 Å². The van der Waals surface area contributed by atoms with E-state index in [9.17, 15) is 4.79 Å². The van der Waals surface area contributed by atoms with Crippen LogP contribution >= 0.6 is 38.5 Å². The topological polar surface area (TPSA) is 29.1 Å². The molecule has 0 atom stereocenters. The Morgan fingerprint density at radius 2 is 1.89 bits per heavy atom. The van der Waals surface area contributed by atoms with Crippen LogP contribution in [-0.2, 0) is 0 Å². The highest BCUT2D eigenvalue weighted by atomic mass is 127. The number of carbonyl (C=O) groups excluding carboxylic acids is 1. The molecule has 0 aliphatic rings. The fourth-order valence-corrected chi connectivity index (χ4v) is 2.76. The van der Waals surface area contributed by atoms with Gasteiger partial charge in [-0.2, -0.15) is 0 Å². The molecule has 1 amide bonds. The Kier molecular flexibility index (Phi) is 4.62. The minimum absolute atomic E-state index is 0.0926. The average molecular weight is 430 g/mol. The van der Waals surface area contributed by atoms with Gasteiger partial charge in [-0.05, 0) is 77.9 Å². The zero-order valence-corrected chi connectivity index (χ0v) is 14.4. The van der Waals surface area contributed by atoms with Gasteiger partial charge in [0.2, 0.25) is 0 Å². The molecule has 98 valence electrons. The van der Waals surface area contributed by atoms with Crippen molar-refractivity contribution in [2.24, 2.45) is 0 Å². The molecule has 0 fully saturated rings. The second-order valence-electron chi connectivity index (χ2n) is 4.38. The van der Waals surface area contributed by atoms with Crippen LogP contribution in [0.4, 0.5) is 5.69 Å². The molecule has 1 N–H and O–H groups in total. The maximum atomic E-state index is 12.2. The Morgan fingerprint density at radius 1 is 1.16 bits per heavy atom. The highest BCUT2D eigenvalue weighted by Gasteiger charge is 2.09. The summed E-state index contributed by atoms with van der Waals surface area (Å²) in [5, 5.41) is 2.96. The zero-order valence-electron chi connectivity index (χ0n) is 10.6. The largest absolute Gasteiger partial charge is 0.322 e. The number of anilines is 1. The van der Waals surface area contributed by atoms with Gasteiger partial charge in [-0.3, -0.25) is 4.79 Å². The second kappa shape index (κ2) is 6.05. The van der Waals surface area contributed by atoms with E-state index in [1.165, 1.54) is 3.57 Å². The van der Waals surface area contributed by atoms with Gasteiger partial charge in [0.25, 0.3) is 5.91 Å². The van der Waals surface area contributed by atoms with Gasteiger partial charge in [0.05, 0.1) is 0 Å². The summed E-state index contributed by atoms with van der Waals surface area (Å²) in [4.78, 5) is 12.2. The first-order chi connectivity index (χ1) is 8.97. The Balaban J connectivity index is 2.27. The van der Waals surface area contributed by atoms with Crippen molar-refractivity contribution in [3.63, 3.8) is 0 Å². The van der Waals surface area contributed by atoms with Crippen molar-refractivity contribution in [3.05, 3.63) is 61.1 Å². The van der Waals surface area contributed by atoms with Gasteiger partial charge >= 0.3 is 0 Å². The predicted octanol–water partition coefficient (Wildman–Crippen LogP) is 4.92. The number of rotatable bonds is 2. The monoisotopic (exact) mass is 429 g/mol. The fourth-order valence-electron chi connectivity index (χ4n) is 1.74. The molecule has 0 aliphatic carbocycles. The first kappa shape index (κ1) is 14.5. The second-order valence-corrected chi connectivity index (χ2v) is 6.46. The third-order valence-electron chi connectivity index (χ3n) is 2.84. The smallest absolute Gasteiger partial charge is 0.255 e. The van der Waals surface area contributed by atoms with E-state index < -0.39 is 0 Å². The molecule has 19 heavy (non-hydrogen) atoms. The number of hydrogen-bond donors (Lipinski definition) is 1. The van der Waals surface area contributed by atoms with Gasteiger partial charge in [-0.1, -0.05) is 22.0 Å². The van der Waals surface area contributed by atoms with Crippen LogP contribution in [0.3, 0.4) is 0 Å². The van der Waals surface area contributed by atoms with E-state index in [-0.39, 0.29) is 5.91 Å². The lowest BCUT2D eigenvalue weighted by Crippen LogP contribution is -2.13. The van der Waals surface area contributed by atoms with E-state index in [1.54, 1.807) is 6.07 Å². The summed E-state index contributed by atoms with van der Waals surface area (Å²) >= 11 is 5.67. The van der Waals surface area contributed by atoms with Crippen molar-refractivity contribution in [2.75, 3.05) is 5.32 Å². The zero-order chi connectivity index (χ0) is 14.0. The molecule has 0 bridgehead atoms. The Morgan fingerprint density at radius 3 is 2.58 bits per heavy atom. The van der Waals surface area contributed by atoms with E-state index in [4.69, 9.17) is 0 Å². The molecular weight excluding hydrogens is 417 g/mol. The van der Waals surface area contributed by atoms with Gasteiger partial charge in [-0.25, -0.2) is 0 Å². The first-order valence-corrected chi connectivity index (χ1v) is 7.68. The number of hydrogen-bond acceptors (Lipinski definition) is 1. The summed E-state index contributed by atoms with van der Waals surface area (Å²) in [5.41, 5.74) is 3.74. The van der Waals surface area contributed by atoms with E-state index in [1.807, 2.05) is 38.1 Å². The molecule has 0 unspecified atom stereocenters. The lowest BCUT2D eigenvalue weighted by Gasteiger charge is -2.11. The Hall–Kier alpha value is -0.880. The number of benzene rings is 2. The number of carbonyl (C=O) groups is 1. The maximum absolute atomic E-state index is 12.2. The van der Waals surface area contributed by atoms with Crippen LogP contribution in [0.5, 0.6) is 0 Å². The minimum Gasteiger partial charge on any atom is -0.322 e. The van der Waals surface area contributed by atoms with Gasteiger partial charge in [0.15, 0.2) is 0 Å². The lowest BCUT2D eigenvalue weighted by atomic mass is 10.1. The molecule has 2 rings (SSSR count). The van der Waals surface area contributed by atoms with Crippen LogP contribution in [0.2, 0.25) is 0 Å².